The summed E-state index contributed by atoms with van der Waals surface area (Å²) >= 11 is 5.52. The third kappa shape index (κ3) is 2.57. The van der Waals surface area contributed by atoms with Gasteiger partial charge in [0.25, 0.3) is 0 Å². The summed E-state index contributed by atoms with van der Waals surface area (Å²) in [5, 5.41) is 12.4. The van der Waals surface area contributed by atoms with Crippen LogP contribution in [0.2, 0.25) is 0 Å². The standard InChI is InChI=1S/C13H16ClN3O3/c1-16-10-4-3-8(15-7-9(18)6-14)5-11(10)17(2)13(20)12(16)19/h3-5,9,15,18H,6-7H2,1-2H3. The van der Waals surface area contributed by atoms with Crippen LogP contribution in [0, 0.1) is 0 Å². The SMILES string of the molecule is Cn1c(=O)c(=O)n(C)c2cc(NCC(O)CCl)ccc21. The van der Waals surface area contributed by atoms with E-state index in [1.54, 1.807) is 32.3 Å². The highest BCUT2D eigenvalue weighted by Crippen LogP contribution is 2.16. The van der Waals surface area contributed by atoms with E-state index >= 15 is 0 Å². The molecule has 0 aliphatic carbocycles. The van der Waals surface area contributed by atoms with Crippen LogP contribution < -0.4 is 16.4 Å². The third-order valence-corrected chi connectivity index (χ3v) is 3.57. The summed E-state index contributed by atoms with van der Waals surface area (Å²) < 4.78 is 2.65. The molecule has 2 aromatic rings. The van der Waals surface area contributed by atoms with Gasteiger partial charge in [0.05, 0.1) is 23.0 Å². The molecule has 1 aromatic heterocycles. The number of aromatic nitrogens is 2. The third-order valence-electron chi connectivity index (χ3n) is 3.21. The van der Waals surface area contributed by atoms with Gasteiger partial charge in [0.15, 0.2) is 0 Å². The van der Waals surface area contributed by atoms with E-state index in [1.165, 1.54) is 9.13 Å². The molecule has 0 bridgehead atoms. The van der Waals surface area contributed by atoms with Crippen LogP contribution in [-0.2, 0) is 14.1 Å². The molecule has 0 amide bonds. The summed E-state index contributed by atoms with van der Waals surface area (Å²) in [6.07, 6.45) is -0.642. The second-order valence-electron chi connectivity index (χ2n) is 4.62. The number of hydrogen-bond donors (Lipinski definition) is 2. The van der Waals surface area contributed by atoms with Crippen LogP contribution in [-0.4, -0.2) is 32.8 Å². The number of hydrogen-bond acceptors (Lipinski definition) is 4. The monoisotopic (exact) mass is 297 g/mol. The fraction of sp³-hybridized carbons (Fsp3) is 0.385. The Balaban J connectivity index is 2.49. The van der Waals surface area contributed by atoms with E-state index < -0.39 is 17.2 Å². The molecule has 0 aliphatic rings. The first-order valence-corrected chi connectivity index (χ1v) is 6.67. The Morgan fingerprint density at radius 2 is 1.80 bits per heavy atom. The quantitative estimate of drug-likeness (QED) is 0.626. The summed E-state index contributed by atoms with van der Waals surface area (Å²) in [7, 11) is 3.12. The smallest absolute Gasteiger partial charge is 0.316 e. The Hall–Kier alpha value is -1.79. The van der Waals surface area contributed by atoms with Crippen LogP contribution in [0.1, 0.15) is 0 Å². The minimum Gasteiger partial charge on any atom is -0.390 e. The molecular weight excluding hydrogens is 282 g/mol. The van der Waals surface area contributed by atoms with Gasteiger partial charge in [0.2, 0.25) is 0 Å². The predicted octanol–water partition coefficient (Wildman–Crippen LogP) is 0.249. The molecule has 2 N–H and O–H groups in total. The number of aliphatic hydroxyl groups excluding tert-OH is 1. The number of benzene rings is 1. The van der Waals surface area contributed by atoms with Crippen molar-refractivity contribution in [3.8, 4) is 0 Å². The number of aryl methyl sites for hydroxylation is 2. The number of fused-ring (bicyclic) bond motifs is 1. The maximum Gasteiger partial charge on any atom is 0.316 e. The van der Waals surface area contributed by atoms with Crippen LogP contribution in [0.5, 0.6) is 0 Å². The van der Waals surface area contributed by atoms with E-state index in [1.807, 2.05) is 0 Å². The van der Waals surface area contributed by atoms with Crippen LogP contribution in [0.4, 0.5) is 5.69 Å². The molecule has 0 spiro atoms. The number of halogens is 1. The molecule has 6 nitrogen and oxygen atoms in total. The molecule has 0 aliphatic heterocycles. The van der Waals surface area contributed by atoms with Crippen molar-refractivity contribution in [1.29, 1.82) is 0 Å². The molecule has 20 heavy (non-hydrogen) atoms. The van der Waals surface area contributed by atoms with Crippen molar-refractivity contribution in [2.45, 2.75) is 6.10 Å². The van der Waals surface area contributed by atoms with Gasteiger partial charge in [0.1, 0.15) is 0 Å². The molecule has 0 saturated heterocycles. The number of rotatable bonds is 4. The zero-order valence-corrected chi connectivity index (χ0v) is 12.0. The van der Waals surface area contributed by atoms with Crippen LogP contribution in [0.25, 0.3) is 11.0 Å². The van der Waals surface area contributed by atoms with Gasteiger partial charge in [0, 0.05) is 26.3 Å². The summed E-state index contributed by atoms with van der Waals surface area (Å²) in [6, 6.07) is 5.30. The van der Waals surface area contributed by atoms with Crippen molar-refractivity contribution in [3.63, 3.8) is 0 Å². The van der Waals surface area contributed by atoms with Gasteiger partial charge in [-0.3, -0.25) is 9.59 Å². The Labute approximate surface area is 120 Å². The molecule has 2 rings (SSSR count). The Bertz CT molecular complexity index is 751. The Morgan fingerprint density at radius 3 is 2.40 bits per heavy atom. The zero-order chi connectivity index (χ0) is 14.9. The van der Waals surface area contributed by atoms with Gasteiger partial charge in [-0.1, -0.05) is 0 Å². The largest absolute Gasteiger partial charge is 0.390 e. The lowest BCUT2D eigenvalue weighted by molar-refractivity contribution is 0.211. The average molecular weight is 298 g/mol. The minimum absolute atomic E-state index is 0.146. The van der Waals surface area contributed by atoms with Gasteiger partial charge in [-0.2, -0.15) is 0 Å². The van der Waals surface area contributed by atoms with Crippen molar-refractivity contribution >= 4 is 28.3 Å². The van der Waals surface area contributed by atoms with Crippen molar-refractivity contribution in [2.75, 3.05) is 17.7 Å². The van der Waals surface area contributed by atoms with Gasteiger partial charge >= 0.3 is 11.1 Å². The molecule has 0 saturated carbocycles. The molecule has 1 unspecified atom stereocenters. The van der Waals surface area contributed by atoms with Crippen molar-refractivity contribution in [2.24, 2.45) is 14.1 Å². The van der Waals surface area contributed by atoms with Gasteiger partial charge < -0.3 is 19.6 Å². The van der Waals surface area contributed by atoms with Gasteiger partial charge in [-0.05, 0) is 18.2 Å². The maximum absolute atomic E-state index is 11.8. The van der Waals surface area contributed by atoms with Crippen LogP contribution >= 0.6 is 11.6 Å². The normalized spacial score (nSPS) is 12.6. The lowest BCUT2D eigenvalue weighted by atomic mass is 10.2. The van der Waals surface area contributed by atoms with Crippen LogP contribution in [0.15, 0.2) is 27.8 Å². The van der Waals surface area contributed by atoms with E-state index in [4.69, 9.17) is 11.6 Å². The molecule has 1 aromatic carbocycles. The molecule has 0 radical (unpaired) electrons. The lowest BCUT2D eigenvalue weighted by Crippen LogP contribution is -2.39. The van der Waals surface area contributed by atoms with E-state index in [9.17, 15) is 14.7 Å². The zero-order valence-electron chi connectivity index (χ0n) is 11.3. The van der Waals surface area contributed by atoms with Crippen molar-refractivity contribution in [1.82, 2.24) is 9.13 Å². The molecular formula is C13H16ClN3O3. The topological polar surface area (TPSA) is 76.3 Å². The summed E-state index contributed by atoms with van der Waals surface area (Å²) in [4.78, 5) is 23.5. The van der Waals surface area contributed by atoms with Crippen LogP contribution in [0.3, 0.4) is 0 Å². The predicted molar refractivity (Wildman–Crippen MR) is 79.6 cm³/mol. The summed E-state index contributed by atoms with van der Waals surface area (Å²) in [5.41, 5.74) is 0.925. The second kappa shape index (κ2) is 5.68. The number of nitrogens with one attached hydrogen (secondary N) is 1. The Kier molecular flexibility index (Phi) is 4.15. The average Bonchev–Trinajstić information content (AvgIpc) is 2.48. The number of nitrogens with zero attached hydrogens (tertiary/aromatic N) is 2. The number of alkyl halides is 1. The fourth-order valence-corrected chi connectivity index (χ4v) is 2.09. The van der Waals surface area contributed by atoms with E-state index in [0.29, 0.717) is 17.6 Å². The highest BCUT2D eigenvalue weighted by Gasteiger charge is 2.09. The first-order chi connectivity index (χ1) is 9.45. The van der Waals surface area contributed by atoms with Gasteiger partial charge in [-0.15, -0.1) is 11.6 Å². The van der Waals surface area contributed by atoms with E-state index in [-0.39, 0.29) is 5.88 Å². The fourth-order valence-electron chi connectivity index (χ4n) is 1.98. The molecule has 0 fully saturated rings. The summed E-state index contributed by atoms with van der Waals surface area (Å²) in [6.45, 7) is 0.314. The second-order valence-corrected chi connectivity index (χ2v) is 4.93. The lowest BCUT2D eigenvalue weighted by Gasteiger charge is -2.13. The first-order valence-electron chi connectivity index (χ1n) is 6.13. The summed E-state index contributed by atoms with van der Waals surface area (Å²) in [5.74, 6) is 0.146. The molecule has 108 valence electrons. The van der Waals surface area contributed by atoms with Crippen molar-refractivity contribution < 1.29 is 5.11 Å². The van der Waals surface area contributed by atoms with Crippen molar-refractivity contribution in [3.05, 3.63) is 38.9 Å². The highest BCUT2D eigenvalue weighted by atomic mass is 35.5. The minimum atomic E-state index is -0.642. The maximum atomic E-state index is 11.8. The van der Waals surface area contributed by atoms with E-state index in [0.717, 1.165) is 5.69 Å². The first kappa shape index (κ1) is 14.6. The van der Waals surface area contributed by atoms with Gasteiger partial charge in [-0.25, -0.2) is 0 Å². The van der Waals surface area contributed by atoms with E-state index in [2.05, 4.69) is 5.32 Å². The number of anilines is 1. The number of aliphatic hydroxyl groups is 1. The molecule has 1 heterocycles. The highest BCUT2D eigenvalue weighted by molar-refractivity contribution is 6.18. The molecule has 7 heteroatoms. The Morgan fingerprint density at radius 1 is 1.20 bits per heavy atom. The molecule has 1 atom stereocenters.